The van der Waals surface area contributed by atoms with Gasteiger partial charge in [0, 0.05) is 12.6 Å². The average Bonchev–Trinajstić information content (AvgIpc) is 2.35. The van der Waals surface area contributed by atoms with E-state index < -0.39 is 0 Å². The number of nitrogens with one attached hydrogen (secondary N) is 2. The van der Waals surface area contributed by atoms with Gasteiger partial charge in [0.2, 0.25) is 5.91 Å². The van der Waals surface area contributed by atoms with Crippen LogP contribution in [0, 0.1) is 0 Å². The van der Waals surface area contributed by atoms with Crippen molar-refractivity contribution < 1.29 is 4.79 Å². The van der Waals surface area contributed by atoms with Gasteiger partial charge in [-0.3, -0.25) is 10.1 Å². The summed E-state index contributed by atoms with van der Waals surface area (Å²) in [4.78, 5) is 11.4. The predicted molar refractivity (Wildman–Crippen MR) is 74.4 cm³/mol. The van der Waals surface area contributed by atoms with Crippen molar-refractivity contribution in [2.75, 3.05) is 6.54 Å². The molecule has 1 aromatic carbocycles. The number of carbonyl (C=O) groups excluding carboxylic acids is 1. The molecule has 3 nitrogen and oxygen atoms in total. The van der Waals surface area contributed by atoms with Gasteiger partial charge in [-0.2, -0.15) is 0 Å². The maximum absolute atomic E-state index is 11.4. The first kappa shape index (κ1) is 13.1. The quantitative estimate of drug-likeness (QED) is 0.484. The molecule has 0 saturated heterocycles. The van der Waals surface area contributed by atoms with E-state index >= 15 is 0 Å². The van der Waals surface area contributed by atoms with Crippen molar-refractivity contribution >= 4 is 29.3 Å². The Kier molecular flexibility index (Phi) is 5.68. The smallest absolute Gasteiger partial charge is 0.250 e. The Bertz CT molecular complexity index is 426. The highest BCUT2D eigenvalue weighted by atomic mass is 32.1. The molecule has 0 aromatic heterocycles. The van der Waals surface area contributed by atoms with Crippen molar-refractivity contribution in [2.45, 2.75) is 0 Å². The van der Waals surface area contributed by atoms with E-state index in [1.54, 1.807) is 12.2 Å². The molecule has 0 aliphatic rings. The van der Waals surface area contributed by atoms with E-state index in [0.29, 0.717) is 11.7 Å². The minimum atomic E-state index is -0.254. The summed E-state index contributed by atoms with van der Waals surface area (Å²) in [6.45, 7) is 4.07. The number of benzene rings is 1. The molecule has 0 unspecified atom stereocenters. The largest absolute Gasteiger partial charge is 0.359 e. The van der Waals surface area contributed by atoms with Gasteiger partial charge in [-0.05, 0) is 23.9 Å². The summed E-state index contributed by atoms with van der Waals surface area (Å²) < 4.78 is 0. The lowest BCUT2D eigenvalue weighted by molar-refractivity contribution is -0.115. The third kappa shape index (κ3) is 5.63. The van der Waals surface area contributed by atoms with Gasteiger partial charge in [0.1, 0.15) is 0 Å². The van der Waals surface area contributed by atoms with E-state index in [4.69, 9.17) is 12.2 Å². The van der Waals surface area contributed by atoms with Crippen molar-refractivity contribution in [3.8, 4) is 0 Å². The van der Waals surface area contributed by atoms with Crippen LogP contribution in [-0.2, 0) is 4.79 Å². The number of carbonyl (C=O) groups is 1. The molecule has 0 aliphatic carbocycles. The van der Waals surface area contributed by atoms with E-state index in [1.165, 1.54) is 6.08 Å². The zero-order valence-corrected chi connectivity index (χ0v) is 10.2. The highest BCUT2D eigenvalue weighted by Crippen LogP contribution is 2.00. The molecule has 88 valence electrons. The van der Waals surface area contributed by atoms with Crippen LogP contribution in [0.5, 0.6) is 0 Å². The van der Waals surface area contributed by atoms with Crippen LogP contribution >= 0.6 is 12.2 Å². The van der Waals surface area contributed by atoms with Crippen LogP contribution in [0.25, 0.3) is 6.08 Å². The van der Waals surface area contributed by atoms with E-state index in [0.717, 1.165) is 5.56 Å². The van der Waals surface area contributed by atoms with Gasteiger partial charge in [0.25, 0.3) is 0 Å². The van der Waals surface area contributed by atoms with Gasteiger partial charge < -0.3 is 5.32 Å². The lowest BCUT2D eigenvalue weighted by Gasteiger charge is -2.04. The third-order valence-electron chi connectivity index (χ3n) is 1.87. The standard InChI is InChI=1S/C13H14N2OS/c1-2-10-14-13(17)15-12(16)9-8-11-6-4-3-5-7-11/h2-9H,1,10H2,(H2,14,15,16,17). The molecule has 2 N–H and O–H groups in total. The SMILES string of the molecule is C=CCNC(=S)NC(=O)C=Cc1ccccc1. The summed E-state index contributed by atoms with van der Waals surface area (Å²) in [5, 5.41) is 5.64. The number of thiocarbonyl (C=S) groups is 1. The van der Waals surface area contributed by atoms with Gasteiger partial charge in [-0.15, -0.1) is 6.58 Å². The van der Waals surface area contributed by atoms with Crippen LogP contribution in [0.15, 0.2) is 49.1 Å². The molecule has 0 aliphatic heterocycles. The molecule has 0 bridgehead atoms. The first-order chi connectivity index (χ1) is 8.22. The van der Waals surface area contributed by atoms with Gasteiger partial charge in [-0.1, -0.05) is 36.4 Å². The average molecular weight is 246 g/mol. The van der Waals surface area contributed by atoms with E-state index in [9.17, 15) is 4.79 Å². The summed E-state index contributed by atoms with van der Waals surface area (Å²) in [6.07, 6.45) is 4.83. The van der Waals surface area contributed by atoms with E-state index in [-0.39, 0.29) is 5.91 Å². The van der Waals surface area contributed by atoms with Gasteiger partial charge in [0.05, 0.1) is 0 Å². The zero-order valence-electron chi connectivity index (χ0n) is 9.35. The first-order valence-electron chi connectivity index (χ1n) is 5.15. The highest BCUT2D eigenvalue weighted by Gasteiger charge is 1.98. The van der Waals surface area contributed by atoms with Crippen LogP contribution in [0.4, 0.5) is 0 Å². The Balaban J connectivity index is 2.42. The maximum atomic E-state index is 11.4. The Morgan fingerprint density at radius 1 is 1.35 bits per heavy atom. The van der Waals surface area contributed by atoms with Crippen molar-refractivity contribution in [3.63, 3.8) is 0 Å². The van der Waals surface area contributed by atoms with Crippen molar-refractivity contribution in [2.24, 2.45) is 0 Å². The Hall–Kier alpha value is -1.94. The molecule has 0 atom stereocenters. The van der Waals surface area contributed by atoms with Crippen LogP contribution in [-0.4, -0.2) is 17.6 Å². The lowest BCUT2D eigenvalue weighted by atomic mass is 10.2. The predicted octanol–water partition coefficient (Wildman–Crippen LogP) is 1.88. The van der Waals surface area contributed by atoms with Crippen LogP contribution in [0.2, 0.25) is 0 Å². The monoisotopic (exact) mass is 246 g/mol. The number of hydrogen-bond donors (Lipinski definition) is 2. The fraction of sp³-hybridized carbons (Fsp3) is 0.0769. The normalized spacial score (nSPS) is 9.88. The van der Waals surface area contributed by atoms with Crippen LogP contribution in [0.3, 0.4) is 0 Å². The molecular formula is C13H14N2OS. The summed E-state index contributed by atoms with van der Waals surface area (Å²) in [6, 6.07) is 9.57. The molecule has 4 heteroatoms. The minimum Gasteiger partial charge on any atom is -0.359 e. The molecule has 0 radical (unpaired) electrons. The fourth-order valence-electron chi connectivity index (χ4n) is 1.10. The fourth-order valence-corrected chi connectivity index (χ4v) is 1.28. The Morgan fingerprint density at radius 3 is 2.71 bits per heavy atom. The molecule has 1 rings (SSSR count). The van der Waals surface area contributed by atoms with Gasteiger partial charge in [-0.25, -0.2) is 0 Å². The van der Waals surface area contributed by atoms with Gasteiger partial charge >= 0.3 is 0 Å². The van der Waals surface area contributed by atoms with Crippen molar-refractivity contribution in [1.82, 2.24) is 10.6 Å². The summed E-state index contributed by atoms with van der Waals surface area (Å²) in [7, 11) is 0. The summed E-state index contributed by atoms with van der Waals surface area (Å²) in [5.41, 5.74) is 0.965. The number of hydrogen-bond acceptors (Lipinski definition) is 2. The van der Waals surface area contributed by atoms with Crippen LogP contribution in [0.1, 0.15) is 5.56 Å². The molecular weight excluding hydrogens is 232 g/mol. The Morgan fingerprint density at radius 2 is 2.06 bits per heavy atom. The summed E-state index contributed by atoms with van der Waals surface area (Å²) >= 11 is 4.90. The highest BCUT2D eigenvalue weighted by molar-refractivity contribution is 7.80. The molecule has 0 saturated carbocycles. The second kappa shape index (κ2) is 7.35. The molecule has 1 amide bonds. The third-order valence-corrected chi connectivity index (χ3v) is 2.12. The zero-order chi connectivity index (χ0) is 12.5. The topological polar surface area (TPSA) is 41.1 Å². The molecule has 0 heterocycles. The second-order valence-corrected chi connectivity index (χ2v) is 3.64. The maximum Gasteiger partial charge on any atom is 0.250 e. The number of amides is 1. The first-order valence-corrected chi connectivity index (χ1v) is 5.56. The van der Waals surface area contributed by atoms with Gasteiger partial charge in [0.15, 0.2) is 5.11 Å². The van der Waals surface area contributed by atoms with Crippen LogP contribution < -0.4 is 10.6 Å². The minimum absolute atomic E-state index is 0.254. The molecule has 0 fully saturated rings. The molecule has 17 heavy (non-hydrogen) atoms. The van der Waals surface area contributed by atoms with E-state index in [1.807, 2.05) is 30.3 Å². The molecule has 0 spiro atoms. The second-order valence-electron chi connectivity index (χ2n) is 3.23. The van der Waals surface area contributed by atoms with Crippen molar-refractivity contribution in [3.05, 3.63) is 54.6 Å². The number of rotatable bonds is 4. The molecule has 1 aromatic rings. The lowest BCUT2D eigenvalue weighted by Crippen LogP contribution is -2.38. The van der Waals surface area contributed by atoms with E-state index in [2.05, 4.69) is 17.2 Å². The Labute approximate surface area is 106 Å². The van der Waals surface area contributed by atoms with Crippen molar-refractivity contribution in [1.29, 1.82) is 0 Å². The summed E-state index contributed by atoms with van der Waals surface area (Å²) in [5.74, 6) is -0.254.